The van der Waals surface area contributed by atoms with Crippen LogP contribution in [0, 0.1) is 0 Å². The number of anilines is 1. The third-order valence-electron chi connectivity index (χ3n) is 2.36. The summed E-state index contributed by atoms with van der Waals surface area (Å²) in [6.45, 7) is -0.354. The highest BCUT2D eigenvalue weighted by molar-refractivity contribution is 8.00. The van der Waals surface area contributed by atoms with Gasteiger partial charge in [-0.05, 0) is 18.2 Å². The molecule has 1 N–H and O–H groups in total. The van der Waals surface area contributed by atoms with Crippen LogP contribution in [0.25, 0.3) is 0 Å². The van der Waals surface area contributed by atoms with Gasteiger partial charge in [0.2, 0.25) is 5.91 Å². The first-order valence-electron chi connectivity index (χ1n) is 4.86. The first kappa shape index (κ1) is 11.7. The van der Waals surface area contributed by atoms with Gasteiger partial charge in [-0.3, -0.25) is 19.3 Å². The van der Waals surface area contributed by atoms with Crippen LogP contribution in [-0.4, -0.2) is 35.6 Å². The average Bonchev–Trinajstić information content (AvgIpc) is 2.32. The van der Waals surface area contributed by atoms with Crippen LogP contribution in [0.15, 0.2) is 23.1 Å². The predicted octanol–water partition coefficient (Wildman–Crippen LogP) is 1.02. The Kier molecular flexibility index (Phi) is 3.14. The molecule has 17 heavy (non-hydrogen) atoms. The molecule has 2 rings (SSSR count). The number of aliphatic carboxylic acids is 1. The molecule has 0 radical (unpaired) electrons. The van der Waals surface area contributed by atoms with Crippen molar-refractivity contribution in [1.82, 2.24) is 0 Å². The number of thioether (sulfide) groups is 1. The number of carbonyl (C=O) groups is 3. The number of carboxylic acid groups (broad SMARTS) is 1. The van der Waals surface area contributed by atoms with Gasteiger partial charge in [0, 0.05) is 10.5 Å². The summed E-state index contributed by atoms with van der Waals surface area (Å²) in [7, 11) is 0. The molecule has 0 aliphatic carbocycles. The number of hydrogen-bond donors (Lipinski definition) is 1. The van der Waals surface area contributed by atoms with Crippen molar-refractivity contribution in [2.45, 2.75) is 4.90 Å². The Morgan fingerprint density at radius 3 is 2.94 bits per heavy atom. The molecule has 0 fully saturated rings. The van der Waals surface area contributed by atoms with E-state index in [-0.39, 0.29) is 18.2 Å². The first-order valence-corrected chi connectivity index (χ1v) is 5.84. The Morgan fingerprint density at radius 2 is 2.29 bits per heavy atom. The van der Waals surface area contributed by atoms with E-state index in [9.17, 15) is 14.4 Å². The van der Waals surface area contributed by atoms with E-state index in [1.807, 2.05) is 0 Å². The van der Waals surface area contributed by atoms with Crippen LogP contribution in [0.1, 0.15) is 10.4 Å². The van der Waals surface area contributed by atoms with Crippen molar-refractivity contribution in [2.75, 3.05) is 17.2 Å². The monoisotopic (exact) mass is 251 g/mol. The van der Waals surface area contributed by atoms with Gasteiger partial charge in [0.15, 0.2) is 0 Å². The Balaban J connectivity index is 2.41. The Bertz CT molecular complexity index is 500. The van der Waals surface area contributed by atoms with Gasteiger partial charge in [-0.25, -0.2) is 0 Å². The van der Waals surface area contributed by atoms with Crippen molar-refractivity contribution in [3.63, 3.8) is 0 Å². The van der Waals surface area contributed by atoms with Crippen molar-refractivity contribution in [1.29, 1.82) is 0 Å². The molecule has 0 saturated carbocycles. The van der Waals surface area contributed by atoms with Gasteiger partial charge in [0.05, 0.1) is 11.4 Å². The highest BCUT2D eigenvalue weighted by Crippen LogP contribution is 2.35. The normalized spacial score (nSPS) is 14.4. The maximum absolute atomic E-state index is 11.6. The molecule has 88 valence electrons. The summed E-state index contributed by atoms with van der Waals surface area (Å²) in [6.07, 6.45) is 0.721. The molecule has 0 aromatic heterocycles. The predicted molar refractivity (Wildman–Crippen MR) is 62.5 cm³/mol. The third kappa shape index (κ3) is 2.31. The van der Waals surface area contributed by atoms with E-state index in [4.69, 9.17) is 5.11 Å². The number of carboxylic acids is 1. The highest BCUT2D eigenvalue weighted by Gasteiger charge is 2.26. The van der Waals surface area contributed by atoms with Gasteiger partial charge in [-0.2, -0.15) is 0 Å². The van der Waals surface area contributed by atoms with Crippen LogP contribution in [-0.2, 0) is 9.59 Å². The van der Waals surface area contributed by atoms with Crippen molar-refractivity contribution in [3.05, 3.63) is 23.8 Å². The molecule has 0 atom stereocenters. The van der Waals surface area contributed by atoms with E-state index in [2.05, 4.69) is 0 Å². The number of hydrogen-bond acceptors (Lipinski definition) is 4. The minimum absolute atomic E-state index is 0.197. The average molecular weight is 251 g/mol. The lowest BCUT2D eigenvalue weighted by molar-refractivity contribution is -0.136. The largest absolute Gasteiger partial charge is 0.480 e. The van der Waals surface area contributed by atoms with Crippen LogP contribution in [0.2, 0.25) is 0 Å². The maximum Gasteiger partial charge on any atom is 0.323 e. The van der Waals surface area contributed by atoms with Crippen molar-refractivity contribution in [2.24, 2.45) is 0 Å². The molecule has 0 unspecified atom stereocenters. The Labute approximate surface area is 101 Å². The quantitative estimate of drug-likeness (QED) is 0.812. The van der Waals surface area contributed by atoms with Crippen LogP contribution in [0.4, 0.5) is 5.69 Å². The van der Waals surface area contributed by atoms with Gasteiger partial charge in [0.25, 0.3) is 0 Å². The number of carbonyl (C=O) groups excluding carboxylic acids is 2. The molecule has 1 heterocycles. The van der Waals surface area contributed by atoms with Crippen LogP contribution in [0.3, 0.4) is 0 Å². The highest BCUT2D eigenvalue weighted by atomic mass is 32.2. The van der Waals surface area contributed by atoms with E-state index in [1.54, 1.807) is 18.2 Å². The van der Waals surface area contributed by atoms with E-state index in [0.717, 1.165) is 11.2 Å². The second kappa shape index (κ2) is 4.58. The van der Waals surface area contributed by atoms with Gasteiger partial charge in [0.1, 0.15) is 12.8 Å². The summed E-state index contributed by atoms with van der Waals surface area (Å²) >= 11 is 1.31. The smallest absolute Gasteiger partial charge is 0.323 e. The summed E-state index contributed by atoms with van der Waals surface area (Å²) in [5, 5.41) is 8.75. The fraction of sp³-hybridized carbons (Fsp3) is 0.182. The summed E-state index contributed by atoms with van der Waals surface area (Å²) in [5.74, 6) is -1.10. The number of amides is 1. The zero-order chi connectivity index (χ0) is 12.4. The molecule has 0 saturated heterocycles. The van der Waals surface area contributed by atoms with Crippen molar-refractivity contribution >= 4 is 35.6 Å². The Hall–Kier alpha value is -1.82. The van der Waals surface area contributed by atoms with E-state index in [0.29, 0.717) is 11.3 Å². The van der Waals surface area contributed by atoms with Gasteiger partial charge in [-0.1, -0.05) is 0 Å². The topological polar surface area (TPSA) is 74.7 Å². The SMILES string of the molecule is O=Cc1ccc2c(c1)SCC(=O)N2CC(=O)O. The van der Waals surface area contributed by atoms with E-state index < -0.39 is 5.97 Å². The molecule has 6 heteroatoms. The van der Waals surface area contributed by atoms with Crippen molar-refractivity contribution in [3.8, 4) is 0 Å². The fourth-order valence-electron chi connectivity index (χ4n) is 1.60. The van der Waals surface area contributed by atoms with Crippen LogP contribution < -0.4 is 4.90 Å². The van der Waals surface area contributed by atoms with Gasteiger partial charge in [-0.15, -0.1) is 11.8 Å². The summed E-state index contributed by atoms with van der Waals surface area (Å²) < 4.78 is 0. The lowest BCUT2D eigenvalue weighted by atomic mass is 10.2. The maximum atomic E-state index is 11.6. The molecule has 5 nitrogen and oxygen atoms in total. The van der Waals surface area contributed by atoms with E-state index >= 15 is 0 Å². The van der Waals surface area contributed by atoms with Gasteiger partial charge >= 0.3 is 5.97 Å². The molecular formula is C11H9NO4S. The number of aldehydes is 1. The molecule has 1 aromatic rings. The first-order chi connectivity index (χ1) is 8.11. The van der Waals surface area contributed by atoms with E-state index in [1.165, 1.54) is 16.7 Å². The van der Waals surface area contributed by atoms with Crippen LogP contribution in [0.5, 0.6) is 0 Å². The second-order valence-electron chi connectivity index (χ2n) is 3.51. The standard InChI is InChI=1S/C11H9NO4S/c13-5-7-1-2-8-9(3-7)17-6-10(14)12(8)4-11(15)16/h1-3,5H,4,6H2,(H,15,16). The molecule has 0 spiro atoms. The third-order valence-corrected chi connectivity index (χ3v) is 3.39. The van der Waals surface area contributed by atoms with Crippen LogP contribution >= 0.6 is 11.8 Å². The Morgan fingerprint density at radius 1 is 1.53 bits per heavy atom. The zero-order valence-corrected chi connectivity index (χ0v) is 9.57. The molecule has 1 aromatic carbocycles. The number of benzene rings is 1. The lowest BCUT2D eigenvalue weighted by Crippen LogP contribution is -2.39. The summed E-state index contributed by atoms with van der Waals surface area (Å²) in [6, 6.07) is 4.83. The lowest BCUT2D eigenvalue weighted by Gasteiger charge is -2.27. The second-order valence-corrected chi connectivity index (χ2v) is 4.52. The summed E-state index contributed by atoms with van der Waals surface area (Å²) in [5.41, 5.74) is 1.07. The summed E-state index contributed by atoms with van der Waals surface area (Å²) in [4.78, 5) is 34.9. The zero-order valence-electron chi connectivity index (χ0n) is 8.75. The number of nitrogens with zero attached hydrogens (tertiary/aromatic N) is 1. The van der Waals surface area contributed by atoms with Gasteiger partial charge < -0.3 is 5.11 Å². The molecule has 1 aliphatic heterocycles. The number of rotatable bonds is 3. The molecule has 1 aliphatic rings. The fourth-order valence-corrected chi connectivity index (χ4v) is 2.58. The minimum Gasteiger partial charge on any atom is -0.480 e. The van der Waals surface area contributed by atoms with Crippen molar-refractivity contribution < 1.29 is 19.5 Å². The minimum atomic E-state index is -1.06. The number of fused-ring (bicyclic) bond motifs is 1. The molecule has 1 amide bonds. The molecular weight excluding hydrogens is 242 g/mol. The molecule has 0 bridgehead atoms.